The third kappa shape index (κ3) is 37.6. The van der Waals surface area contributed by atoms with Crippen LogP contribution in [0.3, 0.4) is 0 Å². The van der Waals surface area contributed by atoms with Crippen molar-refractivity contribution in [2.24, 2.45) is 11.3 Å². The van der Waals surface area contributed by atoms with E-state index in [0.717, 1.165) is 96.7 Å². The summed E-state index contributed by atoms with van der Waals surface area (Å²) in [6, 6.07) is 0. The van der Waals surface area contributed by atoms with Gasteiger partial charge in [-0.25, -0.2) is 0 Å². The first kappa shape index (κ1) is 51.9. The summed E-state index contributed by atoms with van der Waals surface area (Å²) in [6.45, 7) is 15.6. The Hall–Kier alpha value is -1.14. The molecule has 1 unspecified atom stereocenters. The molecule has 6 heteroatoms. The second kappa shape index (κ2) is 39.1. The number of nitrogens with zero attached hydrogens (tertiary/aromatic N) is 1. The highest BCUT2D eigenvalue weighted by Gasteiger charge is 2.19. The molecular weight excluding hydrogens is 659 g/mol. The number of hydrogen-bond acceptors (Lipinski definition) is 6. The molecule has 0 radical (unpaired) electrons. The highest BCUT2D eigenvalue weighted by Crippen LogP contribution is 2.28. The smallest absolute Gasteiger partial charge is 0.305 e. The highest BCUT2D eigenvalue weighted by molar-refractivity contribution is 5.69. The maximum Gasteiger partial charge on any atom is 0.305 e. The minimum atomic E-state index is -0.0293. The maximum absolute atomic E-state index is 12.4. The zero-order valence-electron chi connectivity index (χ0n) is 36.5. The normalized spacial score (nSPS) is 12.4. The monoisotopic (exact) mass is 752 g/mol. The Bertz CT molecular complexity index is 787. The lowest BCUT2D eigenvalue weighted by atomic mass is 9.83. The molecule has 0 heterocycles. The van der Waals surface area contributed by atoms with Crippen LogP contribution in [0.4, 0.5) is 0 Å². The van der Waals surface area contributed by atoms with E-state index in [1.54, 1.807) is 0 Å². The van der Waals surface area contributed by atoms with Crippen LogP contribution in [-0.4, -0.2) is 61.4 Å². The zero-order valence-corrected chi connectivity index (χ0v) is 36.5. The molecule has 0 aromatic rings. The van der Waals surface area contributed by atoms with E-state index in [4.69, 9.17) is 9.47 Å². The summed E-state index contributed by atoms with van der Waals surface area (Å²) in [6.07, 6.45) is 37.7. The molecule has 0 aromatic carbocycles. The summed E-state index contributed by atoms with van der Waals surface area (Å²) < 4.78 is 11.2. The van der Waals surface area contributed by atoms with Crippen LogP contribution in [0.1, 0.15) is 240 Å². The lowest BCUT2D eigenvalue weighted by Gasteiger charge is -2.29. The molecule has 0 aromatic heterocycles. The van der Waals surface area contributed by atoms with Crippen LogP contribution in [0.15, 0.2) is 0 Å². The molecule has 0 saturated carbocycles. The topological polar surface area (TPSA) is 76.1 Å². The van der Waals surface area contributed by atoms with Crippen molar-refractivity contribution in [2.75, 3.05) is 39.5 Å². The Balaban J connectivity index is 4.02. The van der Waals surface area contributed by atoms with Gasteiger partial charge in [-0.2, -0.15) is 0 Å². The van der Waals surface area contributed by atoms with Crippen molar-refractivity contribution in [3.63, 3.8) is 0 Å². The first-order valence-corrected chi connectivity index (χ1v) is 23.4. The fourth-order valence-corrected chi connectivity index (χ4v) is 7.48. The van der Waals surface area contributed by atoms with E-state index >= 15 is 0 Å². The van der Waals surface area contributed by atoms with Crippen molar-refractivity contribution in [3.8, 4) is 0 Å². The van der Waals surface area contributed by atoms with E-state index in [9.17, 15) is 14.7 Å². The van der Waals surface area contributed by atoms with Gasteiger partial charge in [0.1, 0.15) is 0 Å². The van der Waals surface area contributed by atoms with E-state index < -0.39 is 0 Å². The van der Waals surface area contributed by atoms with Gasteiger partial charge < -0.3 is 19.5 Å². The summed E-state index contributed by atoms with van der Waals surface area (Å²) in [7, 11) is 0. The second-order valence-electron chi connectivity index (χ2n) is 17.2. The average molecular weight is 752 g/mol. The van der Waals surface area contributed by atoms with Gasteiger partial charge >= 0.3 is 11.9 Å². The van der Waals surface area contributed by atoms with E-state index in [1.165, 1.54) is 116 Å². The Kier molecular flexibility index (Phi) is 38.3. The Morgan fingerprint density at radius 2 is 0.943 bits per heavy atom. The van der Waals surface area contributed by atoms with Crippen molar-refractivity contribution < 1.29 is 24.2 Å². The number of carbonyl (C=O) groups is 2. The van der Waals surface area contributed by atoms with E-state index in [-0.39, 0.29) is 24.0 Å². The largest absolute Gasteiger partial charge is 0.466 e. The molecule has 316 valence electrons. The minimum Gasteiger partial charge on any atom is -0.466 e. The van der Waals surface area contributed by atoms with Gasteiger partial charge in [-0.3, -0.25) is 9.59 Å². The quantitative estimate of drug-likeness (QED) is 0.0494. The summed E-state index contributed by atoms with van der Waals surface area (Å²) in [5.74, 6) is 0.666. The van der Waals surface area contributed by atoms with Gasteiger partial charge in [0.25, 0.3) is 0 Å². The first-order chi connectivity index (χ1) is 25.8. The van der Waals surface area contributed by atoms with Crippen molar-refractivity contribution >= 4 is 11.9 Å². The fraction of sp³-hybridized carbons (Fsp3) is 0.957. The lowest BCUT2D eigenvalue weighted by Crippen LogP contribution is -2.32. The van der Waals surface area contributed by atoms with Crippen LogP contribution in [0, 0.1) is 11.3 Å². The number of unbranched alkanes of at least 4 members (excludes halogenated alkanes) is 20. The predicted molar refractivity (Wildman–Crippen MR) is 227 cm³/mol. The van der Waals surface area contributed by atoms with Gasteiger partial charge in [-0.05, 0) is 75.8 Å². The Labute approximate surface area is 331 Å². The van der Waals surface area contributed by atoms with Crippen LogP contribution >= 0.6 is 0 Å². The highest BCUT2D eigenvalue weighted by atomic mass is 16.5. The molecule has 0 aliphatic heterocycles. The molecule has 0 spiro atoms. The fourth-order valence-electron chi connectivity index (χ4n) is 7.48. The van der Waals surface area contributed by atoms with Gasteiger partial charge in [0.2, 0.25) is 0 Å². The van der Waals surface area contributed by atoms with Crippen LogP contribution in [-0.2, 0) is 19.1 Å². The lowest BCUT2D eigenvalue weighted by molar-refractivity contribution is -0.145. The summed E-state index contributed by atoms with van der Waals surface area (Å²) in [5.41, 5.74) is 0.229. The molecule has 0 amide bonds. The van der Waals surface area contributed by atoms with Crippen LogP contribution < -0.4 is 0 Å². The third-order valence-electron chi connectivity index (χ3n) is 11.3. The zero-order chi connectivity index (χ0) is 39.1. The number of esters is 2. The Morgan fingerprint density at radius 3 is 1.47 bits per heavy atom. The van der Waals surface area contributed by atoms with Gasteiger partial charge in [0, 0.05) is 19.4 Å². The van der Waals surface area contributed by atoms with Crippen molar-refractivity contribution in [1.82, 2.24) is 4.90 Å². The number of aliphatic hydroxyl groups is 1. The van der Waals surface area contributed by atoms with Crippen LogP contribution in [0.5, 0.6) is 0 Å². The SMILES string of the molecule is CCCCCCCCCCC(=O)OCCCCC(C)(C)CCN(CCO)CCCCCCCC(=O)OCCC(CCCCCC)CCCCCCCC. The third-order valence-corrected chi connectivity index (χ3v) is 11.3. The second-order valence-corrected chi connectivity index (χ2v) is 17.2. The van der Waals surface area contributed by atoms with Gasteiger partial charge in [0.05, 0.1) is 19.8 Å². The molecule has 1 N–H and O–H groups in total. The number of aliphatic hydroxyl groups excluding tert-OH is 1. The van der Waals surface area contributed by atoms with E-state index in [1.807, 2.05) is 0 Å². The molecule has 6 nitrogen and oxygen atoms in total. The van der Waals surface area contributed by atoms with Crippen molar-refractivity contribution in [1.29, 1.82) is 0 Å². The average Bonchev–Trinajstić information content (AvgIpc) is 3.13. The number of rotatable bonds is 42. The van der Waals surface area contributed by atoms with Gasteiger partial charge in [0.15, 0.2) is 0 Å². The molecule has 0 bridgehead atoms. The summed E-state index contributed by atoms with van der Waals surface area (Å²) >= 11 is 0. The van der Waals surface area contributed by atoms with Crippen LogP contribution in [0.2, 0.25) is 0 Å². The first-order valence-electron chi connectivity index (χ1n) is 23.4. The maximum atomic E-state index is 12.4. The Morgan fingerprint density at radius 1 is 0.491 bits per heavy atom. The van der Waals surface area contributed by atoms with Crippen molar-refractivity contribution in [2.45, 2.75) is 240 Å². The molecule has 0 aliphatic rings. The molecule has 0 saturated heterocycles. The van der Waals surface area contributed by atoms with Crippen LogP contribution in [0.25, 0.3) is 0 Å². The minimum absolute atomic E-state index is 0.0128. The summed E-state index contributed by atoms with van der Waals surface area (Å²) in [5, 5.41) is 9.65. The number of carbonyl (C=O) groups excluding carboxylic acids is 2. The number of ether oxygens (including phenoxy) is 2. The molecular formula is C47H93NO5. The molecule has 53 heavy (non-hydrogen) atoms. The van der Waals surface area contributed by atoms with Gasteiger partial charge in [-0.15, -0.1) is 0 Å². The predicted octanol–water partition coefficient (Wildman–Crippen LogP) is 13.6. The molecule has 1 atom stereocenters. The van der Waals surface area contributed by atoms with E-state index in [2.05, 4.69) is 39.5 Å². The standard InChI is InChI=1S/C47H93NO5/c1-6-9-12-15-17-18-21-26-33-45(50)52-42-30-28-36-47(4,5)37-39-48(40-41-49)38-29-23-19-22-27-34-46(51)53-43-35-44(31-24-14-11-8-3)32-25-20-16-13-10-7-2/h44,49H,6-43H2,1-5H3. The molecule has 0 rings (SSSR count). The molecule has 0 fully saturated rings. The van der Waals surface area contributed by atoms with Gasteiger partial charge in [-0.1, -0.05) is 176 Å². The van der Waals surface area contributed by atoms with Crippen molar-refractivity contribution in [3.05, 3.63) is 0 Å². The molecule has 0 aliphatic carbocycles. The summed E-state index contributed by atoms with van der Waals surface area (Å²) in [4.78, 5) is 26.9. The number of hydrogen-bond donors (Lipinski definition) is 1. The van der Waals surface area contributed by atoms with E-state index in [0.29, 0.717) is 32.0 Å².